The van der Waals surface area contributed by atoms with Crippen molar-refractivity contribution in [1.82, 2.24) is 25.2 Å². The van der Waals surface area contributed by atoms with Gasteiger partial charge in [-0.15, -0.1) is 0 Å². The number of aromatic amines is 1. The first kappa shape index (κ1) is 23.0. The summed E-state index contributed by atoms with van der Waals surface area (Å²) in [5.41, 5.74) is 2.53. The van der Waals surface area contributed by atoms with E-state index in [9.17, 15) is 19.1 Å². The van der Waals surface area contributed by atoms with E-state index >= 15 is 0 Å². The van der Waals surface area contributed by atoms with E-state index in [2.05, 4.69) is 20.3 Å². The highest BCUT2D eigenvalue weighted by Crippen LogP contribution is 2.36. The van der Waals surface area contributed by atoms with Crippen LogP contribution in [0.3, 0.4) is 0 Å². The number of carboxylic acid groups (broad SMARTS) is 1. The van der Waals surface area contributed by atoms with E-state index in [1.807, 2.05) is 0 Å². The van der Waals surface area contributed by atoms with Crippen molar-refractivity contribution in [3.8, 4) is 17.0 Å². The lowest BCUT2D eigenvalue weighted by Gasteiger charge is -2.34. The quantitative estimate of drug-likeness (QED) is 0.422. The van der Waals surface area contributed by atoms with Gasteiger partial charge in [0.15, 0.2) is 0 Å². The van der Waals surface area contributed by atoms with Crippen molar-refractivity contribution in [2.45, 2.75) is 38.3 Å². The number of H-pyrrole nitrogens is 1. The topological polar surface area (TPSA) is 141 Å². The maximum absolute atomic E-state index is 14.2. The number of piperidine rings is 1. The van der Waals surface area contributed by atoms with E-state index in [1.165, 1.54) is 18.5 Å². The molecule has 1 aliphatic carbocycles. The Balaban J connectivity index is 1.45. The van der Waals surface area contributed by atoms with Gasteiger partial charge in [-0.05, 0) is 50.3 Å². The average Bonchev–Trinajstić information content (AvgIpc) is 3.59. The Hall–Kier alpha value is -3.73. The number of carbonyl (C=O) groups excluding carboxylic acids is 1. The van der Waals surface area contributed by atoms with Crippen LogP contribution < -0.4 is 10.1 Å². The number of benzene rings is 1. The van der Waals surface area contributed by atoms with Gasteiger partial charge in [0.2, 0.25) is 0 Å². The zero-order chi connectivity index (χ0) is 24.7. The predicted molar refractivity (Wildman–Crippen MR) is 124 cm³/mol. The molecule has 4 N–H and O–H groups in total. The van der Waals surface area contributed by atoms with Crippen molar-refractivity contribution in [2.75, 3.05) is 19.7 Å². The monoisotopic (exact) mass is 483 g/mol. The Labute approximate surface area is 200 Å². The van der Waals surface area contributed by atoms with Crippen molar-refractivity contribution in [3.05, 3.63) is 41.6 Å². The Bertz CT molecular complexity index is 1290. The van der Waals surface area contributed by atoms with Gasteiger partial charge in [-0.2, -0.15) is 0 Å². The highest BCUT2D eigenvalue weighted by molar-refractivity contribution is 6.09. The van der Waals surface area contributed by atoms with Crippen molar-refractivity contribution in [1.29, 1.82) is 0 Å². The largest absolute Gasteiger partial charge is 0.493 e. The number of nitrogens with one attached hydrogen (secondary N) is 2. The highest BCUT2D eigenvalue weighted by Gasteiger charge is 2.32. The summed E-state index contributed by atoms with van der Waals surface area (Å²) in [6.45, 7) is 2.40. The van der Waals surface area contributed by atoms with Crippen molar-refractivity contribution >= 4 is 23.0 Å². The summed E-state index contributed by atoms with van der Waals surface area (Å²) in [5, 5.41) is 22.3. The number of hydrogen-bond acceptors (Lipinski definition) is 6. The van der Waals surface area contributed by atoms with Crippen LogP contribution in [0, 0.1) is 18.7 Å². The number of hydrogen-bond donors (Lipinski definition) is 4. The summed E-state index contributed by atoms with van der Waals surface area (Å²) < 4.78 is 20.1. The lowest BCUT2D eigenvalue weighted by atomic mass is 10.0. The van der Waals surface area contributed by atoms with Crippen LogP contribution in [0.2, 0.25) is 0 Å². The van der Waals surface area contributed by atoms with E-state index < -0.39 is 30.0 Å². The van der Waals surface area contributed by atoms with Crippen LogP contribution in [-0.2, 0) is 0 Å². The number of likely N-dealkylation sites (tertiary alicyclic amines) is 1. The summed E-state index contributed by atoms with van der Waals surface area (Å²) in [5.74, 6) is 0.132. The molecule has 3 heterocycles. The fraction of sp³-hybridized carbons (Fsp3) is 0.417. The fourth-order valence-electron chi connectivity index (χ4n) is 4.42. The molecule has 0 spiro atoms. The number of aliphatic hydroxyl groups is 1. The second-order valence-electron chi connectivity index (χ2n) is 9.13. The molecule has 2 fully saturated rings. The molecule has 1 saturated heterocycles. The minimum Gasteiger partial charge on any atom is -0.493 e. The standard InChI is InChI=1S/C24H26FN5O5/c1-12-19(23(32)29-16-6-7-30(24(33)34)9-17(16)31)21-22(28-12)20(26-11-27-21)15-8-14(25)4-5-18(15)35-10-13-2-3-13/h4-5,8,11,13,16-17,28,31H,2-3,6-7,9-10H2,1H3,(H,29,32)(H,33,34)/t16-,17-/m1/s1. The molecule has 35 heavy (non-hydrogen) atoms. The van der Waals surface area contributed by atoms with Crippen LogP contribution in [0.1, 0.15) is 35.3 Å². The predicted octanol–water partition coefficient (Wildman–Crippen LogP) is 2.70. The number of aryl methyl sites for hydroxylation is 1. The van der Waals surface area contributed by atoms with Gasteiger partial charge in [0.1, 0.15) is 29.1 Å². The molecular weight excluding hydrogens is 457 g/mol. The van der Waals surface area contributed by atoms with Gasteiger partial charge in [0.05, 0.1) is 36.4 Å². The summed E-state index contributed by atoms with van der Waals surface area (Å²) in [6.07, 6.45) is 1.70. The Morgan fingerprint density at radius 1 is 1.29 bits per heavy atom. The Morgan fingerprint density at radius 3 is 2.80 bits per heavy atom. The minimum atomic E-state index is -1.11. The van der Waals surface area contributed by atoms with E-state index in [4.69, 9.17) is 9.84 Å². The number of aromatic nitrogens is 3. The van der Waals surface area contributed by atoms with Crippen LogP contribution in [0.25, 0.3) is 22.3 Å². The number of aliphatic hydroxyl groups excluding tert-OH is 1. The zero-order valence-electron chi connectivity index (χ0n) is 19.1. The van der Waals surface area contributed by atoms with Crippen LogP contribution in [0.15, 0.2) is 24.5 Å². The van der Waals surface area contributed by atoms with Gasteiger partial charge in [0, 0.05) is 17.8 Å². The van der Waals surface area contributed by atoms with Gasteiger partial charge in [-0.3, -0.25) is 4.79 Å². The molecule has 1 saturated carbocycles. The molecule has 10 nitrogen and oxygen atoms in total. The molecule has 2 amide bonds. The normalized spacial score (nSPS) is 20.1. The first-order valence-corrected chi connectivity index (χ1v) is 11.5. The first-order chi connectivity index (χ1) is 16.8. The number of rotatable bonds is 6. The molecule has 2 atom stereocenters. The van der Waals surface area contributed by atoms with Gasteiger partial charge in [-0.1, -0.05) is 0 Å². The van der Waals surface area contributed by atoms with Gasteiger partial charge in [-0.25, -0.2) is 19.2 Å². The second-order valence-corrected chi connectivity index (χ2v) is 9.13. The lowest BCUT2D eigenvalue weighted by molar-refractivity contribution is 0.0392. The zero-order valence-corrected chi connectivity index (χ0v) is 19.1. The summed E-state index contributed by atoms with van der Waals surface area (Å²) in [4.78, 5) is 37.3. The average molecular weight is 484 g/mol. The Morgan fingerprint density at radius 2 is 2.09 bits per heavy atom. The van der Waals surface area contributed by atoms with Gasteiger partial charge < -0.3 is 30.2 Å². The molecule has 0 unspecified atom stereocenters. The third kappa shape index (κ3) is 4.63. The molecule has 1 aromatic carbocycles. The molecule has 2 aliphatic rings. The number of ether oxygens (including phenoxy) is 1. The SMILES string of the molecule is Cc1[nH]c2c(-c3cc(F)ccc3OCC3CC3)ncnc2c1C(=O)N[C@@H]1CCN(C(=O)O)C[C@H]1O. The number of β-amino-alcohol motifs (C(OH)–C–C–N with tert-alkyl or cyclic N) is 1. The fourth-order valence-corrected chi connectivity index (χ4v) is 4.42. The molecule has 5 rings (SSSR count). The molecular formula is C24H26FN5O5. The van der Waals surface area contributed by atoms with E-state index in [-0.39, 0.29) is 25.1 Å². The van der Waals surface area contributed by atoms with Crippen LogP contribution in [0.5, 0.6) is 5.75 Å². The third-order valence-corrected chi connectivity index (χ3v) is 6.54. The molecule has 11 heteroatoms. The third-order valence-electron chi connectivity index (χ3n) is 6.54. The van der Waals surface area contributed by atoms with Crippen LogP contribution >= 0.6 is 0 Å². The maximum atomic E-state index is 14.2. The summed E-state index contributed by atoms with van der Waals surface area (Å²) >= 11 is 0. The Kier molecular flexibility index (Phi) is 6.01. The van der Waals surface area contributed by atoms with E-state index in [0.29, 0.717) is 46.3 Å². The molecule has 0 radical (unpaired) electrons. The molecule has 2 aromatic heterocycles. The van der Waals surface area contributed by atoms with Gasteiger partial charge in [0.25, 0.3) is 5.91 Å². The van der Waals surface area contributed by atoms with Gasteiger partial charge >= 0.3 is 6.09 Å². The number of halogens is 1. The summed E-state index contributed by atoms with van der Waals surface area (Å²) in [7, 11) is 0. The molecule has 184 valence electrons. The molecule has 3 aromatic rings. The first-order valence-electron chi connectivity index (χ1n) is 11.5. The molecule has 0 bridgehead atoms. The number of carbonyl (C=O) groups is 2. The molecule has 1 aliphatic heterocycles. The van der Waals surface area contributed by atoms with E-state index in [1.54, 1.807) is 13.0 Å². The number of nitrogens with zero attached hydrogens (tertiary/aromatic N) is 3. The van der Waals surface area contributed by atoms with Crippen molar-refractivity contribution in [3.63, 3.8) is 0 Å². The van der Waals surface area contributed by atoms with Crippen molar-refractivity contribution in [2.24, 2.45) is 5.92 Å². The van der Waals surface area contributed by atoms with Crippen molar-refractivity contribution < 1.29 is 28.9 Å². The number of fused-ring (bicyclic) bond motifs is 1. The highest BCUT2D eigenvalue weighted by atomic mass is 19.1. The number of amides is 2. The van der Waals surface area contributed by atoms with Crippen LogP contribution in [0.4, 0.5) is 9.18 Å². The maximum Gasteiger partial charge on any atom is 0.407 e. The smallest absolute Gasteiger partial charge is 0.407 e. The van der Waals surface area contributed by atoms with E-state index in [0.717, 1.165) is 17.7 Å². The lowest BCUT2D eigenvalue weighted by Crippen LogP contribution is -2.55. The minimum absolute atomic E-state index is 0.0807. The second kappa shape index (κ2) is 9.14. The summed E-state index contributed by atoms with van der Waals surface area (Å²) in [6, 6.07) is 3.67. The van der Waals surface area contributed by atoms with Crippen LogP contribution in [-0.4, -0.2) is 73.9 Å².